The Kier molecular flexibility index (Phi) is 7.68. The van der Waals surface area contributed by atoms with Crippen LogP contribution in [0.2, 0.25) is 5.15 Å². The predicted molar refractivity (Wildman–Crippen MR) is 110 cm³/mol. The van der Waals surface area contributed by atoms with E-state index in [1.165, 1.54) is 12.8 Å². The third-order valence-electron chi connectivity index (χ3n) is 6.10. The number of amides is 2. The number of rotatable bonds is 7. The predicted octanol–water partition coefficient (Wildman–Crippen LogP) is 2.97. The molecule has 2 amide bonds. The molecule has 1 unspecified atom stereocenters. The Morgan fingerprint density at radius 1 is 1.25 bits per heavy atom. The lowest BCUT2D eigenvalue weighted by atomic mass is 9.91. The average molecular weight is 407 g/mol. The molecule has 6 nitrogen and oxygen atoms in total. The molecule has 0 aromatic carbocycles. The monoisotopic (exact) mass is 406 g/mol. The van der Waals surface area contributed by atoms with Crippen molar-refractivity contribution in [2.24, 2.45) is 5.92 Å². The van der Waals surface area contributed by atoms with Crippen LogP contribution in [0.1, 0.15) is 55.8 Å². The maximum absolute atomic E-state index is 12.6. The molecule has 0 aliphatic carbocycles. The number of pyridine rings is 1. The fourth-order valence-corrected chi connectivity index (χ4v) is 4.51. The molecule has 1 atom stereocenters. The first-order chi connectivity index (χ1) is 13.6. The summed E-state index contributed by atoms with van der Waals surface area (Å²) in [5, 5.41) is 3.46. The van der Waals surface area contributed by atoms with Crippen molar-refractivity contribution < 1.29 is 9.59 Å². The van der Waals surface area contributed by atoms with Crippen LogP contribution in [0.4, 0.5) is 0 Å². The van der Waals surface area contributed by atoms with E-state index in [1.54, 1.807) is 18.3 Å². The maximum Gasteiger partial charge on any atom is 0.254 e. The van der Waals surface area contributed by atoms with Crippen LogP contribution in [-0.4, -0.2) is 65.4 Å². The van der Waals surface area contributed by atoms with E-state index in [9.17, 15) is 9.59 Å². The molecule has 0 saturated carbocycles. The molecule has 2 aliphatic heterocycles. The number of carbonyl (C=O) groups is 2. The topological polar surface area (TPSA) is 65.5 Å². The number of likely N-dealkylation sites (tertiary alicyclic amines) is 2. The third-order valence-corrected chi connectivity index (χ3v) is 6.30. The van der Waals surface area contributed by atoms with Gasteiger partial charge in [-0.25, -0.2) is 4.98 Å². The summed E-state index contributed by atoms with van der Waals surface area (Å²) >= 11 is 5.88. The number of piperidine rings is 1. The average Bonchev–Trinajstić information content (AvgIpc) is 3.18. The van der Waals surface area contributed by atoms with Gasteiger partial charge in [0.05, 0.1) is 0 Å². The van der Waals surface area contributed by atoms with Gasteiger partial charge in [0.15, 0.2) is 0 Å². The summed E-state index contributed by atoms with van der Waals surface area (Å²) in [4.78, 5) is 33.0. The first-order valence-corrected chi connectivity index (χ1v) is 10.9. The van der Waals surface area contributed by atoms with Gasteiger partial charge in [0.1, 0.15) is 5.15 Å². The second-order valence-corrected chi connectivity index (χ2v) is 8.26. The first kappa shape index (κ1) is 21.1. The van der Waals surface area contributed by atoms with Crippen LogP contribution in [0.25, 0.3) is 0 Å². The zero-order valence-electron chi connectivity index (χ0n) is 16.7. The Morgan fingerprint density at radius 3 is 2.75 bits per heavy atom. The lowest BCUT2D eigenvalue weighted by Crippen LogP contribution is -2.40. The number of halogens is 1. The van der Waals surface area contributed by atoms with E-state index < -0.39 is 0 Å². The normalized spacial score (nSPS) is 21.1. The molecule has 28 heavy (non-hydrogen) atoms. The molecule has 0 radical (unpaired) electrons. The molecule has 154 valence electrons. The highest BCUT2D eigenvalue weighted by molar-refractivity contribution is 6.29. The van der Waals surface area contributed by atoms with E-state index in [0.717, 1.165) is 52.0 Å². The van der Waals surface area contributed by atoms with Crippen molar-refractivity contribution >= 4 is 23.4 Å². The van der Waals surface area contributed by atoms with Crippen LogP contribution < -0.4 is 5.32 Å². The Hall–Kier alpha value is -1.66. The van der Waals surface area contributed by atoms with Crippen LogP contribution in [0.3, 0.4) is 0 Å². The van der Waals surface area contributed by atoms with Gasteiger partial charge >= 0.3 is 0 Å². The highest BCUT2D eigenvalue weighted by atomic mass is 35.5. The number of hydrogen-bond acceptors (Lipinski definition) is 4. The van der Waals surface area contributed by atoms with E-state index in [1.807, 2.05) is 4.90 Å². The molecule has 2 aliphatic rings. The number of carbonyl (C=O) groups excluding carboxylic acids is 2. The smallest absolute Gasteiger partial charge is 0.254 e. The van der Waals surface area contributed by atoms with Gasteiger partial charge in [-0.3, -0.25) is 14.5 Å². The zero-order chi connectivity index (χ0) is 19.9. The summed E-state index contributed by atoms with van der Waals surface area (Å²) in [5.41, 5.74) is 0.589. The molecular weight excluding hydrogens is 376 g/mol. The first-order valence-electron chi connectivity index (χ1n) is 10.5. The van der Waals surface area contributed by atoms with Gasteiger partial charge in [0.25, 0.3) is 5.91 Å². The number of hydrogen-bond donors (Lipinski definition) is 1. The van der Waals surface area contributed by atoms with Crippen LogP contribution in [0.5, 0.6) is 0 Å². The Balaban J connectivity index is 1.35. The second-order valence-electron chi connectivity index (χ2n) is 7.87. The van der Waals surface area contributed by atoms with Gasteiger partial charge in [-0.05, 0) is 63.2 Å². The van der Waals surface area contributed by atoms with Crippen LogP contribution in [0, 0.1) is 5.92 Å². The fraction of sp³-hybridized carbons (Fsp3) is 0.667. The van der Waals surface area contributed by atoms with Gasteiger partial charge < -0.3 is 10.2 Å². The molecule has 1 aromatic heterocycles. The van der Waals surface area contributed by atoms with Crippen molar-refractivity contribution in [3.8, 4) is 0 Å². The molecule has 2 saturated heterocycles. The van der Waals surface area contributed by atoms with Crippen LogP contribution >= 0.6 is 11.6 Å². The van der Waals surface area contributed by atoms with Crippen LogP contribution in [-0.2, 0) is 4.79 Å². The third kappa shape index (κ3) is 5.67. The molecule has 1 aromatic rings. The lowest BCUT2D eigenvalue weighted by Gasteiger charge is -2.32. The van der Waals surface area contributed by atoms with Gasteiger partial charge in [0.2, 0.25) is 5.91 Å². The SMILES string of the molecule is CCN1CCCC1CNC(=O)CCC1CCN(C(=O)c2ccnc(Cl)c2)CC1. The molecule has 2 fully saturated rings. The van der Waals surface area contributed by atoms with E-state index in [0.29, 0.717) is 29.1 Å². The molecule has 7 heteroatoms. The molecule has 0 bridgehead atoms. The summed E-state index contributed by atoms with van der Waals surface area (Å²) in [6.07, 6.45) is 7.36. The van der Waals surface area contributed by atoms with Crippen molar-refractivity contribution in [1.82, 2.24) is 20.1 Å². The highest BCUT2D eigenvalue weighted by Crippen LogP contribution is 2.23. The lowest BCUT2D eigenvalue weighted by molar-refractivity contribution is -0.121. The molecule has 0 spiro atoms. The Labute approximate surface area is 172 Å². The van der Waals surface area contributed by atoms with Crippen molar-refractivity contribution in [3.05, 3.63) is 29.0 Å². The summed E-state index contributed by atoms with van der Waals surface area (Å²) in [6.45, 7) is 6.63. The standard InChI is InChI=1S/C21H31ClN4O2/c1-2-25-11-3-4-18(25)15-24-20(27)6-5-16-8-12-26(13-9-16)21(28)17-7-10-23-19(22)14-17/h7,10,14,16,18H,2-6,8-9,11-13,15H2,1H3,(H,24,27). The minimum absolute atomic E-state index is 0.0116. The summed E-state index contributed by atoms with van der Waals surface area (Å²) in [7, 11) is 0. The molecule has 3 rings (SSSR count). The quantitative estimate of drug-likeness (QED) is 0.707. The largest absolute Gasteiger partial charge is 0.355 e. The second kappa shape index (κ2) is 10.2. The zero-order valence-corrected chi connectivity index (χ0v) is 17.5. The molecular formula is C21H31ClN4O2. The Bertz CT molecular complexity index is 676. The number of aromatic nitrogens is 1. The van der Waals surface area contributed by atoms with E-state index >= 15 is 0 Å². The summed E-state index contributed by atoms with van der Waals surface area (Å²) < 4.78 is 0. The number of nitrogens with one attached hydrogen (secondary N) is 1. The van der Waals surface area contributed by atoms with Gasteiger partial charge in [-0.1, -0.05) is 18.5 Å². The van der Waals surface area contributed by atoms with E-state index in [-0.39, 0.29) is 11.8 Å². The summed E-state index contributed by atoms with van der Waals surface area (Å²) in [6, 6.07) is 3.82. The van der Waals surface area contributed by atoms with Crippen molar-refractivity contribution in [3.63, 3.8) is 0 Å². The molecule has 3 heterocycles. The van der Waals surface area contributed by atoms with E-state index in [2.05, 4.69) is 22.1 Å². The van der Waals surface area contributed by atoms with Gasteiger partial charge in [-0.2, -0.15) is 0 Å². The van der Waals surface area contributed by atoms with Crippen molar-refractivity contribution in [1.29, 1.82) is 0 Å². The van der Waals surface area contributed by atoms with Gasteiger partial charge in [0, 0.05) is 43.9 Å². The minimum atomic E-state index is 0.0116. The number of nitrogens with zero attached hydrogens (tertiary/aromatic N) is 3. The van der Waals surface area contributed by atoms with Gasteiger partial charge in [-0.15, -0.1) is 0 Å². The molecule has 1 N–H and O–H groups in total. The van der Waals surface area contributed by atoms with E-state index in [4.69, 9.17) is 11.6 Å². The maximum atomic E-state index is 12.6. The Morgan fingerprint density at radius 2 is 2.04 bits per heavy atom. The van der Waals surface area contributed by atoms with Crippen LogP contribution in [0.15, 0.2) is 18.3 Å². The summed E-state index contributed by atoms with van der Waals surface area (Å²) in [5.74, 6) is 0.680. The minimum Gasteiger partial charge on any atom is -0.355 e. The fourth-order valence-electron chi connectivity index (χ4n) is 4.34. The highest BCUT2D eigenvalue weighted by Gasteiger charge is 2.25. The van der Waals surface area contributed by atoms with Crippen molar-refractivity contribution in [2.45, 2.75) is 51.5 Å². The number of likely N-dealkylation sites (N-methyl/N-ethyl adjacent to an activating group) is 1. The van der Waals surface area contributed by atoms with Crippen molar-refractivity contribution in [2.75, 3.05) is 32.7 Å².